The van der Waals surface area contributed by atoms with Gasteiger partial charge in [-0.05, 0) is 25.0 Å². The van der Waals surface area contributed by atoms with Crippen molar-refractivity contribution in [1.82, 2.24) is 0 Å². The lowest BCUT2D eigenvalue weighted by atomic mass is 10.2. The van der Waals surface area contributed by atoms with Gasteiger partial charge in [0, 0.05) is 6.61 Å². The van der Waals surface area contributed by atoms with Gasteiger partial charge >= 0.3 is 0 Å². The highest BCUT2D eigenvalue weighted by molar-refractivity contribution is 5.37. The van der Waals surface area contributed by atoms with Crippen molar-refractivity contribution in [2.24, 2.45) is 0 Å². The molecular weight excluding hydrogens is 180 g/mol. The van der Waals surface area contributed by atoms with Crippen LogP contribution in [0.2, 0.25) is 0 Å². The zero-order chi connectivity index (χ0) is 9.80. The number of aromatic hydroxyl groups is 1. The minimum Gasteiger partial charge on any atom is -0.504 e. The van der Waals surface area contributed by atoms with Crippen LogP contribution in [0.4, 0.5) is 0 Å². The molecule has 1 saturated heterocycles. The molecule has 0 saturated carbocycles. The van der Waals surface area contributed by atoms with E-state index in [1.54, 1.807) is 18.2 Å². The SMILES string of the molecule is Oc1ccccc1OCC1CCCO1. The molecule has 0 radical (unpaired) electrons. The molecule has 0 amide bonds. The van der Waals surface area contributed by atoms with E-state index in [9.17, 15) is 5.11 Å². The fourth-order valence-electron chi connectivity index (χ4n) is 1.54. The molecule has 2 rings (SSSR count). The Bertz CT molecular complexity index is 292. The average Bonchev–Trinajstić information content (AvgIpc) is 2.69. The second-order valence-electron chi connectivity index (χ2n) is 3.41. The summed E-state index contributed by atoms with van der Waals surface area (Å²) >= 11 is 0. The normalized spacial score (nSPS) is 21.0. The van der Waals surface area contributed by atoms with Crippen LogP contribution in [0, 0.1) is 0 Å². The molecule has 0 aromatic heterocycles. The Kier molecular flexibility index (Phi) is 2.89. The molecule has 1 aliphatic heterocycles. The van der Waals surface area contributed by atoms with Crippen LogP contribution in [-0.2, 0) is 4.74 Å². The van der Waals surface area contributed by atoms with Crippen molar-refractivity contribution in [1.29, 1.82) is 0 Å². The molecule has 1 aromatic rings. The standard InChI is InChI=1S/C11H14O3/c12-10-5-1-2-6-11(10)14-8-9-4-3-7-13-9/h1-2,5-6,9,12H,3-4,7-8H2. The van der Waals surface area contributed by atoms with Gasteiger partial charge in [-0.2, -0.15) is 0 Å². The molecule has 0 spiro atoms. The number of para-hydroxylation sites is 2. The lowest BCUT2D eigenvalue weighted by Crippen LogP contribution is -2.16. The van der Waals surface area contributed by atoms with Crippen LogP contribution in [0.15, 0.2) is 24.3 Å². The zero-order valence-corrected chi connectivity index (χ0v) is 7.98. The van der Waals surface area contributed by atoms with Gasteiger partial charge in [-0.15, -0.1) is 0 Å². The van der Waals surface area contributed by atoms with E-state index >= 15 is 0 Å². The largest absolute Gasteiger partial charge is 0.504 e. The highest BCUT2D eigenvalue weighted by Gasteiger charge is 2.16. The van der Waals surface area contributed by atoms with Gasteiger partial charge in [-0.3, -0.25) is 0 Å². The quantitative estimate of drug-likeness (QED) is 0.799. The zero-order valence-electron chi connectivity index (χ0n) is 7.98. The second kappa shape index (κ2) is 4.33. The van der Waals surface area contributed by atoms with E-state index in [1.165, 1.54) is 0 Å². The van der Waals surface area contributed by atoms with Crippen molar-refractivity contribution in [2.75, 3.05) is 13.2 Å². The molecule has 3 nitrogen and oxygen atoms in total. The number of rotatable bonds is 3. The van der Waals surface area contributed by atoms with Gasteiger partial charge in [0.25, 0.3) is 0 Å². The van der Waals surface area contributed by atoms with E-state index in [-0.39, 0.29) is 11.9 Å². The number of benzene rings is 1. The molecule has 1 atom stereocenters. The molecule has 1 N–H and O–H groups in total. The lowest BCUT2D eigenvalue weighted by Gasteiger charge is -2.11. The van der Waals surface area contributed by atoms with Gasteiger partial charge in [0.15, 0.2) is 11.5 Å². The average molecular weight is 194 g/mol. The summed E-state index contributed by atoms with van der Waals surface area (Å²) < 4.78 is 10.9. The molecule has 3 heteroatoms. The third-order valence-electron chi connectivity index (χ3n) is 2.31. The van der Waals surface area contributed by atoms with Crippen LogP contribution < -0.4 is 4.74 Å². The lowest BCUT2D eigenvalue weighted by molar-refractivity contribution is 0.0670. The second-order valence-corrected chi connectivity index (χ2v) is 3.41. The molecular formula is C11H14O3. The number of phenols is 1. The molecule has 76 valence electrons. The Balaban J connectivity index is 1.88. The van der Waals surface area contributed by atoms with Crippen LogP contribution in [0.25, 0.3) is 0 Å². The van der Waals surface area contributed by atoms with Crippen LogP contribution >= 0.6 is 0 Å². The Labute approximate surface area is 83.3 Å². The minimum absolute atomic E-state index is 0.186. The smallest absolute Gasteiger partial charge is 0.161 e. The van der Waals surface area contributed by atoms with Crippen molar-refractivity contribution in [2.45, 2.75) is 18.9 Å². The molecule has 1 aromatic carbocycles. The van der Waals surface area contributed by atoms with Gasteiger partial charge in [0.05, 0.1) is 6.10 Å². The van der Waals surface area contributed by atoms with Crippen LogP contribution in [0.1, 0.15) is 12.8 Å². The minimum atomic E-state index is 0.186. The van der Waals surface area contributed by atoms with E-state index in [2.05, 4.69) is 0 Å². The van der Waals surface area contributed by atoms with E-state index < -0.39 is 0 Å². The van der Waals surface area contributed by atoms with Gasteiger partial charge in [0.1, 0.15) is 6.61 Å². The topological polar surface area (TPSA) is 38.7 Å². The summed E-state index contributed by atoms with van der Waals surface area (Å²) in [5, 5.41) is 9.42. The highest BCUT2D eigenvalue weighted by Crippen LogP contribution is 2.25. The molecule has 1 heterocycles. The van der Waals surface area contributed by atoms with Gasteiger partial charge in [-0.1, -0.05) is 12.1 Å². The molecule has 0 aliphatic carbocycles. The van der Waals surface area contributed by atoms with Crippen molar-refractivity contribution in [3.63, 3.8) is 0 Å². The third kappa shape index (κ3) is 2.17. The van der Waals surface area contributed by atoms with E-state index in [1.807, 2.05) is 6.07 Å². The third-order valence-corrected chi connectivity index (χ3v) is 2.31. The maximum atomic E-state index is 9.42. The Morgan fingerprint density at radius 3 is 3.00 bits per heavy atom. The first-order valence-corrected chi connectivity index (χ1v) is 4.88. The van der Waals surface area contributed by atoms with E-state index in [0.29, 0.717) is 12.4 Å². The fraction of sp³-hybridized carbons (Fsp3) is 0.455. The van der Waals surface area contributed by atoms with Crippen LogP contribution in [0.5, 0.6) is 11.5 Å². The predicted molar refractivity (Wildman–Crippen MR) is 52.6 cm³/mol. The summed E-state index contributed by atoms with van der Waals surface area (Å²) in [4.78, 5) is 0. The molecule has 1 unspecified atom stereocenters. The molecule has 1 aliphatic rings. The van der Waals surface area contributed by atoms with Crippen molar-refractivity contribution in [3.8, 4) is 11.5 Å². The molecule has 1 fully saturated rings. The number of hydrogen-bond acceptors (Lipinski definition) is 3. The molecule has 14 heavy (non-hydrogen) atoms. The summed E-state index contributed by atoms with van der Waals surface area (Å²) in [6.07, 6.45) is 2.34. The monoisotopic (exact) mass is 194 g/mol. The van der Waals surface area contributed by atoms with Crippen molar-refractivity contribution >= 4 is 0 Å². The first-order chi connectivity index (χ1) is 6.86. The highest BCUT2D eigenvalue weighted by atomic mass is 16.5. The maximum Gasteiger partial charge on any atom is 0.161 e. The summed E-state index contributed by atoms with van der Waals surface area (Å²) in [6.45, 7) is 1.35. The number of hydrogen-bond donors (Lipinski definition) is 1. The van der Waals surface area contributed by atoms with Crippen molar-refractivity contribution in [3.05, 3.63) is 24.3 Å². The first-order valence-electron chi connectivity index (χ1n) is 4.88. The first kappa shape index (κ1) is 9.34. The van der Waals surface area contributed by atoms with Crippen molar-refractivity contribution < 1.29 is 14.6 Å². The molecule has 0 bridgehead atoms. The number of ether oxygens (including phenoxy) is 2. The van der Waals surface area contributed by atoms with Crippen LogP contribution in [0.3, 0.4) is 0 Å². The number of phenolic OH excluding ortho intramolecular Hbond substituents is 1. The predicted octanol–water partition coefficient (Wildman–Crippen LogP) is 1.95. The van der Waals surface area contributed by atoms with Gasteiger partial charge in [0.2, 0.25) is 0 Å². The summed E-state index contributed by atoms with van der Waals surface area (Å²) in [5.74, 6) is 0.716. The maximum absolute atomic E-state index is 9.42. The Morgan fingerprint density at radius 1 is 1.43 bits per heavy atom. The summed E-state index contributed by atoms with van der Waals surface area (Å²) in [7, 11) is 0. The summed E-state index contributed by atoms with van der Waals surface area (Å²) in [5.41, 5.74) is 0. The fourth-order valence-corrected chi connectivity index (χ4v) is 1.54. The van der Waals surface area contributed by atoms with Gasteiger partial charge < -0.3 is 14.6 Å². The van der Waals surface area contributed by atoms with E-state index in [0.717, 1.165) is 19.4 Å². The van der Waals surface area contributed by atoms with E-state index in [4.69, 9.17) is 9.47 Å². The van der Waals surface area contributed by atoms with Crippen LogP contribution in [-0.4, -0.2) is 24.4 Å². The summed E-state index contributed by atoms with van der Waals surface area (Å²) in [6, 6.07) is 6.98. The van der Waals surface area contributed by atoms with Gasteiger partial charge in [-0.25, -0.2) is 0 Å². The Hall–Kier alpha value is -1.22. The Morgan fingerprint density at radius 2 is 2.29 bits per heavy atom.